The molecule has 0 radical (unpaired) electrons. The first-order valence-electron chi connectivity index (χ1n) is 8.85. The minimum absolute atomic E-state index is 0. The number of aryl methyl sites for hydroxylation is 2. The number of nitrogens with one attached hydrogen (secondary N) is 2. The molecule has 2 heterocycles. The number of nitrogens with zero attached hydrogens (tertiary/aromatic N) is 2. The molecule has 0 aliphatic carbocycles. The number of carbonyl (C=O) groups is 1. The lowest BCUT2D eigenvalue weighted by Gasteiger charge is -2.37. The smallest absolute Gasteiger partial charge is 0.223 e. The van der Waals surface area contributed by atoms with Crippen molar-refractivity contribution in [3.63, 3.8) is 0 Å². The van der Waals surface area contributed by atoms with Crippen LogP contribution >= 0.6 is 24.8 Å². The maximum Gasteiger partial charge on any atom is 0.223 e. The van der Waals surface area contributed by atoms with Crippen LogP contribution in [0.3, 0.4) is 0 Å². The number of rotatable bonds is 7. The van der Waals surface area contributed by atoms with Crippen molar-refractivity contribution in [2.45, 2.75) is 40.0 Å². The van der Waals surface area contributed by atoms with Gasteiger partial charge in [-0.05, 0) is 51.8 Å². The highest BCUT2D eigenvalue weighted by Crippen LogP contribution is 2.28. The monoisotopic (exact) mass is 408 g/mol. The summed E-state index contributed by atoms with van der Waals surface area (Å²) in [5, 5.41) is 11.0. The number of hydrogen-bond donors (Lipinski definition) is 2. The molecule has 26 heavy (non-hydrogen) atoms. The Bertz CT molecular complexity index is 566. The molecule has 2 rings (SSSR count). The predicted molar refractivity (Wildman–Crippen MR) is 109 cm³/mol. The summed E-state index contributed by atoms with van der Waals surface area (Å²) in [5.41, 5.74) is 3.41. The zero-order valence-electron chi connectivity index (χ0n) is 16.6. The molecule has 1 unspecified atom stereocenters. The summed E-state index contributed by atoms with van der Waals surface area (Å²) in [6, 6.07) is 0. The van der Waals surface area contributed by atoms with Crippen molar-refractivity contribution in [2.24, 2.45) is 18.4 Å². The third-order valence-electron chi connectivity index (χ3n) is 5.37. The Morgan fingerprint density at radius 3 is 2.46 bits per heavy atom. The average Bonchev–Trinajstić information content (AvgIpc) is 2.80. The first-order valence-corrected chi connectivity index (χ1v) is 8.85. The second-order valence-corrected chi connectivity index (χ2v) is 7.28. The van der Waals surface area contributed by atoms with Crippen LogP contribution in [0.1, 0.15) is 36.7 Å². The van der Waals surface area contributed by atoms with Gasteiger partial charge in [-0.25, -0.2) is 0 Å². The fraction of sp³-hybridized carbons (Fsp3) is 0.778. The van der Waals surface area contributed by atoms with Gasteiger partial charge in [0.2, 0.25) is 5.91 Å². The molecule has 1 aliphatic heterocycles. The van der Waals surface area contributed by atoms with E-state index >= 15 is 0 Å². The molecular formula is C18H34Cl2N4O2. The van der Waals surface area contributed by atoms with Gasteiger partial charge in [-0.15, -0.1) is 24.8 Å². The highest BCUT2D eigenvalue weighted by Gasteiger charge is 2.33. The molecule has 1 fully saturated rings. The highest BCUT2D eigenvalue weighted by atomic mass is 35.5. The van der Waals surface area contributed by atoms with Gasteiger partial charge in [0.05, 0.1) is 12.3 Å². The molecule has 0 aromatic carbocycles. The molecule has 0 bridgehead atoms. The van der Waals surface area contributed by atoms with Crippen LogP contribution in [0, 0.1) is 25.2 Å². The van der Waals surface area contributed by atoms with Gasteiger partial charge in [-0.3, -0.25) is 9.48 Å². The van der Waals surface area contributed by atoms with Crippen LogP contribution in [0.2, 0.25) is 0 Å². The van der Waals surface area contributed by atoms with E-state index in [1.807, 2.05) is 25.6 Å². The molecule has 1 saturated heterocycles. The number of carbonyl (C=O) groups excluding carboxylic acids is 1. The van der Waals surface area contributed by atoms with E-state index < -0.39 is 0 Å². The van der Waals surface area contributed by atoms with Gasteiger partial charge in [0.1, 0.15) is 0 Å². The average molecular weight is 409 g/mol. The molecule has 1 aliphatic rings. The summed E-state index contributed by atoms with van der Waals surface area (Å²) in [7, 11) is 3.68. The van der Waals surface area contributed by atoms with E-state index in [0.717, 1.165) is 43.7 Å². The summed E-state index contributed by atoms with van der Waals surface area (Å²) in [4.78, 5) is 12.6. The van der Waals surface area contributed by atoms with E-state index in [4.69, 9.17) is 4.74 Å². The molecule has 1 amide bonds. The Labute approximate surface area is 169 Å². The van der Waals surface area contributed by atoms with Crippen LogP contribution in [0.5, 0.6) is 0 Å². The lowest BCUT2D eigenvalue weighted by Crippen LogP contribution is -2.48. The first-order chi connectivity index (χ1) is 11.4. The largest absolute Gasteiger partial charge is 0.384 e. The Balaban J connectivity index is 0.00000312. The standard InChI is InChI=1S/C18H32N4O2.2ClH/c1-13(10-16-14(2)21-22(4)15(16)3)17(23)20-11-18(12-24-5)6-8-19-9-7-18;;/h13,19H,6-12H2,1-5H3,(H,20,23);2*1H. The predicted octanol–water partition coefficient (Wildman–Crippen LogP) is 2.19. The molecule has 1 aromatic rings. The fourth-order valence-electron chi connectivity index (χ4n) is 3.60. The molecular weight excluding hydrogens is 375 g/mol. The van der Waals surface area contributed by atoms with Gasteiger partial charge in [0.25, 0.3) is 0 Å². The van der Waals surface area contributed by atoms with Crippen molar-refractivity contribution < 1.29 is 9.53 Å². The molecule has 152 valence electrons. The third-order valence-corrected chi connectivity index (χ3v) is 5.37. The SMILES string of the molecule is COCC1(CNC(=O)C(C)Cc2c(C)nn(C)c2C)CCNCC1.Cl.Cl. The number of amides is 1. The van der Waals surface area contributed by atoms with Crippen molar-refractivity contribution in [3.8, 4) is 0 Å². The summed E-state index contributed by atoms with van der Waals surface area (Å²) in [6.07, 6.45) is 2.81. The molecule has 1 atom stereocenters. The highest BCUT2D eigenvalue weighted by molar-refractivity contribution is 5.85. The van der Waals surface area contributed by atoms with E-state index in [2.05, 4.69) is 22.7 Å². The Hall–Kier alpha value is -0.820. The van der Waals surface area contributed by atoms with Gasteiger partial charge in [-0.2, -0.15) is 5.10 Å². The zero-order chi connectivity index (χ0) is 17.7. The lowest BCUT2D eigenvalue weighted by molar-refractivity contribution is -0.125. The van der Waals surface area contributed by atoms with Crippen LogP contribution in [-0.4, -0.2) is 49.0 Å². The second kappa shape index (κ2) is 11.1. The van der Waals surface area contributed by atoms with Crippen molar-refractivity contribution >= 4 is 30.7 Å². The Kier molecular flexibility index (Phi) is 10.8. The topological polar surface area (TPSA) is 68.2 Å². The van der Waals surface area contributed by atoms with E-state index in [1.54, 1.807) is 7.11 Å². The number of piperidine rings is 1. The van der Waals surface area contributed by atoms with Crippen LogP contribution in [0.15, 0.2) is 0 Å². The number of halogens is 2. The van der Waals surface area contributed by atoms with E-state index in [-0.39, 0.29) is 42.1 Å². The van der Waals surface area contributed by atoms with E-state index in [1.165, 1.54) is 5.56 Å². The van der Waals surface area contributed by atoms with Crippen LogP contribution in [0.25, 0.3) is 0 Å². The van der Waals surface area contributed by atoms with Crippen LogP contribution in [0.4, 0.5) is 0 Å². The Morgan fingerprint density at radius 2 is 1.96 bits per heavy atom. The minimum atomic E-state index is -0.0621. The zero-order valence-corrected chi connectivity index (χ0v) is 18.2. The third kappa shape index (κ3) is 6.12. The van der Waals surface area contributed by atoms with Gasteiger partial charge in [0, 0.05) is 37.7 Å². The quantitative estimate of drug-likeness (QED) is 0.725. The molecule has 6 nitrogen and oxygen atoms in total. The molecule has 0 saturated carbocycles. The maximum absolute atomic E-state index is 12.6. The maximum atomic E-state index is 12.6. The molecule has 1 aromatic heterocycles. The lowest BCUT2D eigenvalue weighted by atomic mass is 9.79. The molecule has 0 spiro atoms. The van der Waals surface area contributed by atoms with Gasteiger partial charge >= 0.3 is 0 Å². The van der Waals surface area contributed by atoms with Gasteiger partial charge < -0.3 is 15.4 Å². The van der Waals surface area contributed by atoms with Crippen molar-refractivity contribution in [3.05, 3.63) is 17.0 Å². The van der Waals surface area contributed by atoms with Crippen LogP contribution in [-0.2, 0) is 23.0 Å². The van der Waals surface area contributed by atoms with Crippen LogP contribution < -0.4 is 10.6 Å². The first kappa shape index (κ1) is 25.2. The van der Waals surface area contributed by atoms with Gasteiger partial charge in [0.15, 0.2) is 0 Å². The normalized spacial score (nSPS) is 17.0. The summed E-state index contributed by atoms with van der Waals surface area (Å²) >= 11 is 0. The summed E-state index contributed by atoms with van der Waals surface area (Å²) in [5.74, 6) is 0.0552. The fourth-order valence-corrected chi connectivity index (χ4v) is 3.60. The second-order valence-electron chi connectivity index (χ2n) is 7.28. The number of aromatic nitrogens is 2. The number of hydrogen-bond acceptors (Lipinski definition) is 4. The van der Waals surface area contributed by atoms with Crippen molar-refractivity contribution in [1.82, 2.24) is 20.4 Å². The van der Waals surface area contributed by atoms with Crippen molar-refractivity contribution in [2.75, 3.05) is 33.4 Å². The number of ether oxygens (including phenoxy) is 1. The molecule has 2 N–H and O–H groups in total. The summed E-state index contributed by atoms with van der Waals surface area (Å²) in [6.45, 7) is 9.43. The summed E-state index contributed by atoms with van der Waals surface area (Å²) < 4.78 is 7.30. The number of methoxy groups -OCH3 is 1. The minimum Gasteiger partial charge on any atom is -0.384 e. The van der Waals surface area contributed by atoms with Crippen molar-refractivity contribution in [1.29, 1.82) is 0 Å². The Morgan fingerprint density at radius 1 is 1.35 bits per heavy atom. The van der Waals surface area contributed by atoms with E-state index in [9.17, 15) is 4.79 Å². The van der Waals surface area contributed by atoms with Gasteiger partial charge in [-0.1, -0.05) is 6.92 Å². The van der Waals surface area contributed by atoms with E-state index in [0.29, 0.717) is 13.2 Å². The molecule has 8 heteroatoms.